The molecule has 3 heteroatoms. The van der Waals surface area contributed by atoms with Crippen LogP contribution in [0.2, 0.25) is 0 Å². The van der Waals surface area contributed by atoms with Crippen molar-refractivity contribution >= 4 is 15.9 Å². The summed E-state index contributed by atoms with van der Waals surface area (Å²) in [5, 5.41) is 3.04. The Balaban J connectivity index is 2.51. The zero-order valence-corrected chi connectivity index (χ0v) is 10.7. The lowest BCUT2D eigenvalue weighted by Crippen LogP contribution is -2.14. The van der Waals surface area contributed by atoms with Crippen LogP contribution in [0, 0.1) is 6.92 Å². The molecular formula is C12H16BrNO. The van der Waals surface area contributed by atoms with Gasteiger partial charge in [-0.15, -0.1) is 0 Å². The lowest BCUT2D eigenvalue weighted by Gasteiger charge is -2.09. The minimum absolute atomic E-state index is 0.557. The fourth-order valence-electron chi connectivity index (χ4n) is 1.19. The van der Waals surface area contributed by atoms with Crippen molar-refractivity contribution in [3.8, 4) is 5.75 Å². The third kappa shape index (κ3) is 4.06. The van der Waals surface area contributed by atoms with Crippen molar-refractivity contribution in [2.24, 2.45) is 0 Å². The fraction of sp³-hybridized carbons (Fsp3) is 0.333. The number of hydrogen-bond acceptors (Lipinski definition) is 2. The maximum atomic E-state index is 5.60. The molecule has 0 bridgehead atoms. The Labute approximate surface area is 99.5 Å². The summed E-state index contributed by atoms with van der Waals surface area (Å²) in [5.41, 5.74) is 2.21. The Bertz CT molecular complexity index is 349. The van der Waals surface area contributed by atoms with Gasteiger partial charge in [0.2, 0.25) is 0 Å². The Hall–Kier alpha value is -0.800. The molecule has 1 aromatic rings. The first kappa shape index (κ1) is 12.3. The number of aryl methyl sites for hydroxylation is 1. The summed E-state index contributed by atoms with van der Waals surface area (Å²) >= 11 is 3.45. The molecule has 15 heavy (non-hydrogen) atoms. The molecule has 0 heterocycles. The molecule has 2 nitrogen and oxygen atoms in total. The predicted molar refractivity (Wildman–Crippen MR) is 67.4 cm³/mol. The Kier molecular flexibility index (Phi) is 4.85. The van der Waals surface area contributed by atoms with Crippen molar-refractivity contribution in [2.45, 2.75) is 6.92 Å². The number of hydrogen-bond donors (Lipinski definition) is 1. The molecule has 0 atom stereocenters. The van der Waals surface area contributed by atoms with Crippen molar-refractivity contribution in [1.82, 2.24) is 5.32 Å². The van der Waals surface area contributed by atoms with E-state index in [1.54, 1.807) is 0 Å². The molecule has 0 saturated heterocycles. The smallest absolute Gasteiger partial charge is 0.120 e. The molecule has 0 aliphatic carbocycles. The predicted octanol–water partition coefficient (Wildman–Crippen LogP) is 2.91. The van der Waals surface area contributed by atoms with Crippen LogP contribution < -0.4 is 10.1 Å². The number of benzene rings is 1. The van der Waals surface area contributed by atoms with Gasteiger partial charge in [-0.25, -0.2) is 0 Å². The topological polar surface area (TPSA) is 21.3 Å². The first-order chi connectivity index (χ1) is 7.13. The van der Waals surface area contributed by atoms with E-state index < -0.39 is 0 Å². The van der Waals surface area contributed by atoms with E-state index in [2.05, 4.69) is 27.8 Å². The van der Waals surface area contributed by atoms with E-state index in [-0.39, 0.29) is 0 Å². The van der Waals surface area contributed by atoms with Crippen LogP contribution in [0.4, 0.5) is 0 Å². The minimum Gasteiger partial charge on any atom is -0.489 e. The van der Waals surface area contributed by atoms with E-state index in [0.29, 0.717) is 6.61 Å². The lowest BCUT2D eigenvalue weighted by molar-refractivity contribution is 0.349. The highest BCUT2D eigenvalue weighted by molar-refractivity contribution is 9.10. The van der Waals surface area contributed by atoms with Crippen molar-refractivity contribution < 1.29 is 4.74 Å². The van der Waals surface area contributed by atoms with Gasteiger partial charge in [-0.2, -0.15) is 0 Å². The first-order valence-corrected chi connectivity index (χ1v) is 5.63. The van der Waals surface area contributed by atoms with Crippen molar-refractivity contribution in [3.05, 3.63) is 40.4 Å². The summed E-state index contributed by atoms with van der Waals surface area (Å²) in [5.74, 6) is 0.882. The summed E-state index contributed by atoms with van der Waals surface area (Å²) < 4.78 is 6.70. The monoisotopic (exact) mass is 269 g/mol. The number of ether oxygens (including phenoxy) is 1. The normalized spacial score (nSPS) is 10.1. The van der Waals surface area contributed by atoms with Crippen LogP contribution in [0.3, 0.4) is 0 Å². The zero-order valence-electron chi connectivity index (χ0n) is 9.14. The van der Waals surface area contributed by atoms with Gasteiger partial charge in [0.25, 0.3) is 0 Å². The molecule has 0 amide bonds. The summed E-state index contributed by atoms with van der Waals surface area (Å²) in [6, 6.07) is 5.95. The summed E-state index contributed by atoms with van der Waals surface area (Å²) in [4.78, 5) is 0. The van der Waals surface area contributed by atoms with E-state index in [0.717, 1.165) is 22.3 Å². The van der Waals surface area contributed by atoms with Gasteiger partial charge >= 0.3 is 0 Å². The summed E-state index contributed by atoms with van der Waals surface area (Å²) in [6.07, 6.45) is 0. The molecule has 0 unspecified atom stereocenters. The molecule has 1 aromatic carbocycles. The van der Waals surface area contributed by atoms with Crippen LogP contribution in [-0.4, -0.2) is 20.2 Å². The van der Waals surface area contributed by atoms with Gasteiger partial charge in [-0.05, 0) is 43.3 Å². The van der Waals surface area contributed by atoms with E-state index >= 15 is 0 Å². The molecule has 0 aliphatic heterocycles. The van der Waals surface area contributed by atoms with Crippen molar-refractivity contribution in [2.75, 3.05) is 20.2 Å². The van der Waals surface area contributed by atoms with E-state index in [1.807, 2.05) is 32.2 Å². The van der Waals surface area contributed by atoms with Gasteiger partial charge in [-0.1, -0.05) is 22.5 Å². The molecule has 0 aromatic heterocycles. The van der Waals surface area contributed by atoms with Crippen LogP contribution >= 0.6 is 15.9 Å². The maximum Gasteiger partial charge on any atom is 0.120 e. The average Bonchev–Trinajstić information content (AvgIpc) is 2.20. The maximum absolute atomic E-state index is 5.60. The second-order valence-corrected chi connectivity index (χ2v) is 4.33. The van der Waals surface area contributed by atoms with Gasteiger partial charge in [0.1, 0.15) is 12.4 Å². The number of rotatable bonds is 5. The largest absolute Gasteiger partial charge is 0.489 e. The van der Waals surface area contributed by atoms with Crippen LogP contribution in [0.5, 0.6) is 5.75 Å². The molecule has 0 aliphatic rings. The van der Waals surface area contributed by atoms with E-state index in [1.165, 1.54) is 5.56 Å². The van der Waals surface area contributed by atoms with Gasteiger partial charge in [0, 0.05) is 11.0 Å². The first-order valence-electron chi connectivity index (χ1n) is 4.83. The van der Waals surface area contributed by atoms with Gasteiger partial charge < -0.3 is 10.1 Å². The highest BCUT2D eigenvalue weighted by atomic mass is 79.9. The molecule has 0 spiro atoms. The third-order valence-corrected chi connectivity index (χ3v) is 2.89. The van der Waals surface area contributed by atoms with Crippen LogP contribution in [0.25, 0.3) is 0 Å². The van der Waals surface area contributed by atoms with Gasteiger partial charge in [0.15, 0.2) is 0 Å². The molecular weight excluding hydrogens is 254 g/mol. The van der Waals surface area contributed by atoms with Crippen LogP contribution in [0.15, 0.2) is 34.8 Å². The highest BCUT2D eigenvalue weighted by Crippen LogP contribution is 2.21. The second-order valence-electron chi connectivity index (χ2n) is 3.48. The molecule has 1 N–H and O–H groups in total. The van der Waals surface area contributed by atoms with Crippen LogP contribution in [-0.2, 0) is 0 Å². The van der Waals surface area contributed by atoms with Crippen molar-refractivity contribution in [3.63, 3.8) is 0 Å². The van der Waals surface area contributed by atoms with Crippen molar-refractivity contribution in [1.29, 1.82) is 0 Å². The fourth-order valence-corrected chi connectivity index (χ4v) is 1.44. The lowest BCUT2D eigenvalue weighted by atomic mass is 10.2. The van der Waals surface area contributed by atoms with Crippen LogP contribution in [0.1, 0.15) is 5.56 Å². The summed E-state index contributed by atoms with van der Waals surface area (Å²) in [6.45, 7) is 7.29. The second kappa shape index (κ2) is 5.93. The number of likely N-dealkylation sites (N-methyl/N-ethyl adjacent to an activating group) is 1. The number of halogens is 1. The quantitative estimate of drug-likeness (QED) is 0.831. The number of nitrogens with one attached hydrogen (secondary N) is 1. The molecule has 0 radical (unpaired) electrons. The molecule has 0 fully saturated rings. The molecule has 82 valence electrons. The Morgan fingerprint density at radius 3 is 2.87 bits per heavy atom. The van der Waals surface area contributed by atoms with E-state index in [4.69, 9.17) is 4.74 Å². The van der Waals surface area contributed by atoms with Gasteiger partial charge in [-0.3, -0.25) is 0 Å². The Morgan fingerprint density at radius 1 is 1.53 bits per heavy atom. The third-order valence-electron chi connectivity index (χ3n) is 2.00. The Morgan fingerprint density at radius 2 is 2.27 bits per heavy atom. The zero-order chi connectivity index (χ0) is 11.3. The average molecular weight is 270 g/mol. The standard InChI is InChI=1S/C12H16BrNO/c1-9(7-14-3)8-15-11-4-5-12(13)10(2)6-11/h4-6,14H,1,7-8H2,2-3H3. The SMILES string of the molecule is C=C(CNC)COc1ccc(Br)c(C)c1. The highest BCUT2D eigenvalue weighted by Gasteiger charge is 1.99. The van der Waals surface area contributed by atoms with E-state index in [9.17, 15) is 0 Å². The summed E-state index contributed by atoms with van der Waals surface area (Å²) in [7, 11) is 1.90. The molecule has 0 saturated carbocycles. The molecule has 1 rings (SSSR count). The minimum atomic E-state index is 0.557. The van der Waals surface area contributed by atoms with Gasteiger partial charge in [0.05, 0.1) is 0 Å².